The number of thioether (sulfide) groups is 1. The Labute approximate surface area is 129 Å². The number of aromatic nitrogens is 3. The van der Waals surface area contributed by atoms with E-state index in [1.807, 2.05) is 0 Å². The Bertz CT molecular complexity index is 716. The summed E-state index contributed by atoms with van der Waals surface area (Å²) >= 11 is 1.11. The number of nitrogen functional groups attached to an aromatic ring is 1. The van der Waals surface area contributed by atoms with Gasteiger partial charge in [-0.15, -0.1) is 10.2 Å². The first kappa shape index (κ1) is 14.8. The van der Waals surface area contributed by atoms with Gasteiger partial charge in [0, 0.05) is 12.0 Å². The molecule has 3 N–H and O–H groups in total. The number of halogens is 2. The summed E-state index contributed by atoms with van der Waals surface area (Å²) in [5, 5.41) is 10.7. The molecule has 116 valence electrons. The molecule has 0 saturated heterocycles. The maximum absolute atomic E-state index is 13.4. The number of anilines is 1. The number of benzene rings is 1. The van der Waals surface area contributed by atoms with Gasteiger partial charge in [0.05, 0.1) is 11.4 Å². The van der Waals surface area contributed by atoms with Crippen LogP contribution in [0.3, 0.4) is 0 Å². The molecular formula is C13H13F2N5OS. The lowest BCUT2D eigenvalue weighted by atomic mass is 10.3. The molecule has 1 aliphatic rings. The Hall–Kier alpha value is -2.16. The van der Waals surface area contributed by atoms with Crippen molar-refractivity contribution < 1.29 is 13.6 Å². The van der Waals surface area contributed by atoms with Crippen molar-refractivity contribution in [1.82, 2.24) is 14.9 Å². The summed E-state index contributed by atoms with van der Waals surface area (Å²) in [4.78, 5) is 11.8. The lowest BCUT2D eigenvalue weighted by molar-refractivity contribution is -0.113. The normalized spacial score (nSPS) is 14.1. The predicted octanol–water partition coefficient (Wildman–Crippen LogP) is 1.88. The van der Waals surface area contributed by atoms with Crippen molar-refractivity contribution in [3.63, 3.8) is 0 Å². The summed E-state index contributed by atoms with van der Waals surface area (Å²) in [6.07, 6.45) is 2.09. The third kappa shape index (κ3) is 3.19. The highest BCUT2D eigenvalue weighted by molar-refractivity contribution is 7.99. The van der Waals surface area contributed by atoms with Crippen molar-refractivity contribution in [2.45, 2.75) is 23.9 Å². The summed E-state index contributed by atoms with van der Waals surface area (Å²) in [6, 6.07) is 2.95. The van der Waals surface area contributed by atoms with Crippen LogP contribution in [0, 0.1) is 11.6 Å². The van der Waals surface area contributed by atoms with E-state index in [1.54, 1.807) is 0 Å². The van der Waals surface area contributed by atoms with E-state index in [-0.39, 0.29) is 11.4 Å². The fourth-order valence-electron chi connectivity index (χ4n) is 1.91. The maximum Gasteiger partial charge on any atom is 0.234 e. The molecule has 9 heteroatoms. The van der Waals surface area contributed by atoms with Crippen molar-refractivity contribution in [3.05, 3.63) is 35.7 Å². The highest BCUT2D eigenvalue weighted by atomic mass is 32.2. The van der Waals surface area contributed by atoms with Crippen LogP contribution in [-0.2, 0) is 4.79 Å². The fourth-order valence-corrected chi connectivity index (χ4v) is 2.58. The van der Waals surface area contributed by atoms with E-state index in [0.29, 0.717) is 23.0 Å². The van der Waals surface area contributed by atoms with Crippen LogP contribution in [0.15, 0.2) is 23.4 Å². The highest BCUT2D eigenvalue weighted by Crippen LogP contribution is 2.39. The lowest BCUT2D eigenvalue weighted by Crippen LogP contribution is -2.17. The van der Waals surface area contributed by atoms with Gasteiger partial charge in [0.2, 0.25) is 11.1 Å². The first-order chi connectivity index (χ1) is 10.5. The molecule has 0 unspecified atom stereocenters. The van der Waals surface area contributed by atoms with Crippen molar-refractivity contribution in [2.75, 3.05) is 16.9 Å². The second kappa shape index (κ2) is 5.91. The molecule has 0 radical (unpaired) electrons. The van der Waals surface area contributed by atoms with E-state index in [0.717, 1.165) is 30.7 Å². The predicted molar refractivity (Wildman–Crippen MR) is 77.9 cm³/mol. The molecule has 2 aromatic rings. The number of carbonyl (C=O) groups excluding carboxylic acids is 1. The van der Waals surface area contributed by atoms with Crippen molar-refractivity contribution in [3.8, 4) is 0 Å². The van der Waals surface area contributed by atoms with Gasteiger partial charge in [-0.2, -0.15) is 0 Å². The van der Waals surface area contributed by atoms with Crippen LogP contribution in [0.1, 0.15) is 24.6 Å². The topological polar surface area (TPSA) is 85.8 Å². The third-order valence-corrected chi connectivity index (χ3v) is 4.11. The molecule has 0 atom stereocenters. The Morgan fingerprint density at radius 3 is 2.86 bits per heavy atom. The molecule has 6 nitrogen and oxygen atoms in total. The van der Waals surface area contributed by atoms with Crippen molar-refractivity contribution in [1.29, 1.82) is 0 Å². The van der Waals surface area contributed by atoms with Crippen LogP contribution < -0.4 is 11.2 Å². The quantitative estimate of drug-likeness (QED) is 0.647. The monoisotopic (exact) mass is 325 g/mol. The largest absolute Gasteiger partial charge is 0.336 e. The Morgan fingerprint density at radius 1 is 1.41 bits per heavy atom. The summed E-state index contributed by atoms with van der Waals surface area (Å²) < 4.78 is 27.6. The van der Waals surface area contributed by atoms with Gasteiger partial charge >= 0.3 is 0 Å². The van der Waals surface area contributed by atoms with Crippen molar-refractivity contribution >= 4 is 23.4 Å². The van der Waals surface area contributed by atoms with Gasteiger partial charge < -0.3 is 11.2 Å². The Morgan fingerprint density at radius 2 is 2.18 bits per heavy atom. The van der Waals surface area contributed by atoms with Crippen LogP contribution in [-0.4, -0.2) is 26.5 Å². The minimum atomic E-state index is -0.823. The fraction of sp³-hybridized carbons (Fsp3) is 0.308. The molecule has 0 bridgehead atoms. The van der Waals surface area contributed by atoms with Crippen LogP contribution in [0.25, 0.3) is 0 Å². The minimum absolute atomic E-state index is 0.00316. The average molecular weight is 325 g/mol. The zero-order chi connectivity index (χ0) is 15.7. The number of nitrogens with zero attached hydrogens (tertiary/aromatic N) is 3. The maximum atomic E-state index is 13.4. The van der Waals surface area contributed by atoms with Gasteiger partial charge in [-0.3, -0.25) is 4.79 Å². The van der Waals surface area contributed by atoms with Gasteiger partial charge in [0.25, 0.3) is 0 Å². The van der Waals surface area contributed by atoms with Crippen LogP contribution in [0.2, 0.25) is 0 Å². The number of nitrogens with two attached hydrogens (primary N) is 1. The minimum Gasteiger partial charge on any atom is -0.336 e. The summed E-state index contributed by atoms with van der Waals surface area (Å²) in [6.45, 7) is 0. The molecule has 0 aliphatic heterocycles. The molecule has 1 saturated carbocycles. The number of nitrogens with one attached hydrogen (secondary N) is 1. The van der Waals surface area contributed by atoms with E-state index in [4.69, 9.17) is 5.84 Å². The van der Waals surface area contributed by atoms with Crippen LogP contribution in [0.4, 0.5) is 14.5 Å². The average Bonchev–Trinajstić information content (AvgIpc) is 3.24. The van der Waals surface area contributed by atoms with Crippen LogP contribution >= 0.6 is 11.8 Å². The van der Waals surface area contributed by atoms with Gasteiger partial charge in [0.1, 0.15) is 11.6 Å². The Kier molecular flexibility index (Phi) is 3.97. The molecule has 1 aliphatic carbocycles. The summed E-state index contributed by atoms with van der Waals surface area (Å²) in [7, 11) is 0. The van der Waals surface area contributed by atoms with E-state index in [1.165, 1.54) is 10.7 Å². The number of hydrogen-bond acceptors (Lipinski definition) is 5. The van der Waals surface area contributed by atoms with E-state index in [2.05, 4.69) is 15.5 Å². The third-order valence-electron chi connectivity index (χ3n) is 3.17. The van der Waals surface area contributed by atoms with E-state index < -0.39 is 17.5 Å². The first-order valence-corrected chi connectivity index (χ1v) is 7.61. The van der Waals surface area contributed by atoms with Gasteiger partial charge in [-0.05, 0) is 25.0 Å². The van der Waals surface area contributed by atoms with Gasteiger partial charge in [-0.25, -0.2) is 13.5 Å². The zero-order valence-corrected chi connectivity index (χ0v) is 12.2. The molecule has 1 fully saturated rings. The molecule has 22 heavy (non-hydrogen) atoms. The molecule has 1 heterocycles. The molecule has 0 spiro atoms. The zero-order valence-electron chi connectivity index (χ0n) is 11.4. The number of carbonyl (C=O) groups is 1. The standard InChI is InChI=1S/C13H13F2N5OS/c14-8-3-4-10(9(15)5-8)17-11(21)6-22-13-19-18-12(20(13)16)7-1-2-7/h3-5,7H,1-2,6,16H2,(H,17,21). The van der Waals surface area contributed by atoms with Gasteiger partial charge in [-0.1, -0.05) is 11.8 Å². The SMILES string of the molecule is Nn1c(SCC(=O)Nc2ccc(F)cc2F)nnc1C1CC1. The lowest BCUT2D eigenvalue weighted by Gasteiger charge is -2.06. The summed E-state index contributed by atoms with van der Waals surface area (Å²) in [5.41, 5.74) is -0.0696. The molecule has 3 rings (SSSR count). The van der Waals surface area contributed by atoms with E-state index >= 15 is 0 Å². The highest BCUT2D eigenvalue weighted by Gasteiger charge is 2.30. The number of amides is 1. The number of rotatable bonds is 5. The molecule has 1 aromatic heterocycles. The Balaban J connectivity index is 1.58. The van der Waals surface area contributed by atoms with Crippen molar-refractivity contribution in [2.24, 2.45) is 0 Å². The molecular weight excluding hydrogens is 312 g/mol. The second-order valence-corrected chi connectivity index (χ2v) is 5.89. The first-order valence-electron chi connectivity index (χ1n) is 6.62. The van der Waals surface area contributed by atoms with E-state index in [9.17, 15) is 13.6 Å². The summed E-state index contributed by atoms with van der Waals surface area (Å²) in [5.74, 6) is 4.97. The van der Waals surface area contributed by atoms with Gasteiger partial charge in [0.15, 0.2) is 5.82 Å². The number of hydrogen-bond donors (Lipinski definition) is 2. The smallest absolute Gasteiger partial charge is 0.234 e. The molecule has 1 aromatic carbocycles. The van der Waals surface area contributed by atoms with Crippen LogP contribution in [0.5, 0.6) is 0 Å². The second-order valence-electron chi connectivity index (χ2n) is 4.95. The molecule has 1 amide bonds.